The van der Waals surface area contributed by atoms with Gasteiger partial charge >= 0.3 is 0 Å². The fourth-order valence-corrected chi connectivity index (χ4v) is 2.85. The van der Waals surface area contributed by atoms with E-state index in [-0.39, 0.29) is 12.0 Å². The Hall–Kier alpha value is -2.22. The molecule has 0 N–H and O–H groups in total. The van der Waals surface area contributed by atoms with Gasteiger partial charge in [0.15, 0.2) is 5.69 Å². The lowest BCUT2D eigenvalue weighted by Crippen LogP contribution is -2.30. The predicted molar refractivity (Wildman–Crippen MR) is 85.4 cm³/mol. The van der Waals surface area contributed by atoms with Gasteiger partial charge < -0.3 is 14.2 Å². The first-order valence-corrected chi connectivity index (χ1v) is 8.31. The number of amides is 1. The van der Waals surface area contributed by atoms with E-state index in [1.807, 2.05) is 13.8 Å². The van der Waals surface area contributed by atoms with Crippen molar-refractivity contribution in [3.63, 3.8) is 0 Å². The van der Waals surface area contributed by atoms with Crippen LogP contribution in [0.5, 0.6) is 0 Å². The van der Waals surface area contributed by atoms with Crippen molar-refractivity contribution in [1.29, 1.82) is 0 Å². The van der Waals surface area contributed by atoms with Gasteiger partial charge in [0.2, 0.25) is 0 Å². The third-order valence-electron chi connectivity index (χ3n) is 4.29. The molecule has 8 nitrogen and oxygen atoms in total. The summed E-state index contributed by atoms with van der Waals surface area (Å²) in [6.07, 6.45) is 3.51. The molecule has 0 spiro atoms. The summed E-state index contributed by atoms with van der Waals surface area (Å²) < 4.78 is 12.8. The van der Waals surface area contributed by atoms with Crippen molar-refractivity contribution in [1.82, 2.24) is 25.1 Å². The van der Waals surface area contributed by atoms with Crippen molar-refractivity contribution in [2.75, 3.05) is 13.1 Å². The zero-order valence-corrected chi connectivity index (χ0v) is 14.4. The van der Waals surface area contributed by atoms with Crippen LogP contribution in [-0.4, -0.2) is 50.2 Å². The molecule has 1 amide bonds. The number of aryl methyl sites for hydroxylation is 3. The highest BCUT2D eigenvalue weighted by molar-refractivity contribution is 5.92. The molecule has 0 aromatic carbocycles. The maximum Gasteiger partial charge on any atom is 0.276 e. The summed E-state index contributed by atoms with van der Waals surface area (Å²) >= 11 is 0. The third kappa shape index (κ3) is 3.48. The maximum atomic E-state index is 12.5. The first-order chi connectivity index (χ1) is 11.6. The molecule has 1 fully saturated rings. The van der Waals surface area contributed by atoms with Gasteiger partial charge in [-0.15, -0.1) is 5.10 Å². The van der Waals surface area contributed by atoms with E-state index in [9.17, 15) is 4.79 Å². The molecule has 3 rings (SSSR count). The van der Waals surface area contributed by atoms with Crippen LogP contribution in [-0.2, 0) is 17.9 Å². The average Bonchev–Trinajstić information content (AvgIpc) is 3.28. The highest BCUT2D eigenvalue weighted by Gasteiger charge is 2.29. The van der Waals surface area contributed by atoms with Crippen LogP contribution in [0.15, 0.2) is 10.7 Å². The number of hydrogen-bond donors (Lipinski definition) is 0. The Morgan fingerprint density at radius 2 is 2.29 bits per heavy atom. The molecule has 0 radical (unpaired) electrons. The van der Waals surface area contributed by atoms with Gasteiger partial charge in [-0.3, -0.25) is 9.48 Å². The molecular formula is C16H23N5O3. The molecule has 1 aliphatic rings. The Morgan fingerprint density at radius 3 is 3.00 bits per heavy atom. The summed E-state index contributed by atoms with van der Waals surface area (Å²) in [6, 6.07) is 0. The molecule has 3 heterocycles. The summed E-state index contributed by atoms with van der Waals surface area (Å²) in [4.78, 5) is 14.3. The molecule has 130 valence electrons. The van der Waals surface area contributed by atoms with Gasteiger partial charge in [0.05, 0.1) is 24.6 Å². The molecule has 1 saturated heterocycles. The fraction of sp³-hybridized carbons (Fsp3) is 0.625. The van der Waals surface area contributed by atoms with Crippen LogP contribution in [0, 0.1) is 13.8 Å². The molecule has 1 atom stereocenters. The molecule has 1 aliphatic heterocycles. The van der Waals surface area contributed by atoms with Gasteiger partial charge in [0, 0.05) is 25.2 Å². The fourth-order valence-electron chi connectivity index (χ4n) is 2.85. The highest BCUT2D eigenvalue weighted by Crippen LogP contribution is 2.19. The summed E-state index contributed by atoms with van der Waals surface area (Å²) in [5.74, 6) is 0.701. The van der Waals surface area contributed by atoms with Crippen LogP contribution in [0.25, 0.3) is 0 Å². The van der Waals surface area contributed by atoms with Gasteiger partial charge in [-0.25, -0.2) is 0 Å². The minimum atomic E-state index is -0.0826. The quantitative estimate of drug-likeness (QED) is 0.800. The van der Waals surface area contributed by atoms with Crippen molar-refractivity contribution >= 4 is 5.91 Å². The van der Waals surface area contributed by atoms with E-state index in [0.29, 0.717) is 25.4 Å². The second-order valence-corrected chi connectivity index (χ2v) is 6.14. The second-order valence-electron chi connectivity index (χ2n) is 6.14. The van der Waals surface area contributed by atoms with Crippen LogP contribution in [0.2, 0.25) is 0 Å². The lowest BCUT2D eigenvalue weighted by Gasteiger charge is -2.15. The van der Waals surface area contributed by atoms with Crippen molar-refractivity contribution in [2.24, 2.45) is 0 Å². The number of ether oxygens (including phenoxy) is 1. The number of carbonyl (C=O) groups excluding carboxylic acids is 1. The van der Waals surface area contributed by atoms with Crippen LogP contribution >= 0.6 is 0 Å². The van der Waals surface area contributed by atoms with E-state index in [0.717, 1.165) is 36.4 Å². The average molecular weight is 333 g/mol. The topological polar surface area (TPSA) is 86.3 Å². The van der Waals surface area contributed by atoms with Crippen molar-refractivity contribution in [2.45, 2.75) is 52.9 Å². The molecule has 24 heavy (non-hydrogen) atoms. The smallest absolute Gasteiger partial charge is 0.276 e. The molecular weight excluding hydrogens is 310 g/mol. The van der Waals surface area contributed by atoms with Gasteiger partial charge in [0.25, 0.3) is 5.91 Å². The zero-order chi connectivity index (χ0) is 17.1. The molecule has 2 aromatic heterocycles. The largest absolute Gasteiger partial charge is 0.371 e. The van der Waals surface area contributed by atoms with E-state index in [1.54, 1.807) is 15.8 Å². The lowest BCUT2D eigenvalue weighted by atomic mass is 10.2. The standard InChI is InChI=1S/C16H23N5O3/c1-4-6-21-9-15(17-19-21)16(22)20-7-5-13(8-20)23-10-14-11(2)18-24-12(14)3/h9,13H,4-8,10H2,1-3H3. The van der Waals surface area contributed by atoms with Gasteiger partial charge in [-0.1, -0.05) is 17.3 Å². The monoisotopic (exact) mass is 333 g/mol. The molecule has 1 unspecified atom stereocenters. The first-order valence-electron chi connectivity index (χ1n) is 8.31. The minimum absolute atomic E-state index is 0.0216. The zero-order valence-electron chi connectivity index (χ0n) is 14.4. The van der Waals surface area contributed by atoms with E-state index < -0.39 is 0 Å². The van der Waals surface area contributed by atoms with Crippen molar-refractivity contribution in [3.8, 4) is 0 Å². The Balaban J connectivity index is 1.53. The van der Waals surface area contributed by atoms with E-state index in [1.165, 1.54) is 0 Å². The molecule has 0 bridgehead atoms. The van der Waals surface area contributed by atoms with Gasteiger partial charge in [-0.2, -0.15) is 0 Å². The predicted octanol–water partition coefficient (Wildman–Crippen LogP) is 1.72. The number of rotatable bonds is 6. The molecule has 0 saturated carbocycles. The molecule has 8 heteroatoms. The Bertz CT molecular complexity index is 689. The summed E-state index contributed by atoms with van der Waals surface area (Å²) in [7, 11) is 0. The summed E-state index contributed by atoms with van der Waals surface area (Å²) in [5.41, 5.74) is 2.24. The number of hydrogen-bond acceptors (Lipinski definition) is 6. The second kappa shape index (κ2) is 7.12. The third-order valence-corrected chi connectivity index (χ3v) is 4.29. The minimum Gasteiger partial charge on any atom is -0.371 e. The number of nitrogens with zero attached hydrogens (tertiary/aromatic N) is 5. The summed E-state index contributed by atoms with van der Waals surface area (Å²) in [5, 5.41) is 11.9. The molecule has 2 aromatic rings. The highest BCUT2D eigenvalue weighted by atomic mass is 16.5. The number of likely N-dealkylation sites (tertiary alicyclic amines) is 1. The van der Waals surface area contributed by atoms with Crippen LogP contribution in [0.1, 0.15) is 47.3 Å². The van der Waals surface area contributed by atoms with E-state index >= 15 is 0 Å². The summed E-state index contributed by atoms with van der Waals surface area (Å²) in [6.45, 7) is 8.31. The normalized spacial score (nSPS) is 17.6. The van der Waals surface area contributed by atoms with Gasteiger partial charge in [-0.05, 0) is 26.7 Å². The van der Waals surface area contributed by atoms with Crippen LogP contribution < -0.4 is 0 Å². The number of carbonyl (C=O) groups is 1. The molecule has 0 aliphatic carbocycles. The lowest BCUT2D eigenvalue weighted by molar-refractivity contribution is 0.0429. The van der Waals surface area contributed by atoms with Crippen molar-refractivity contribution < 1.29 is 14.1 Å². The van der Waals surface area contributed by atoms with Crippen LogP contribution in [0.3, 0.4) is 0 Å². The SMILES string of the molecule is CCCn1cc(C(=O)N2CCC(OCc3c(C)noc3C)C2)nn1. The Kier molecular flexibility index (Phi) is 4.94. The number of aromatic nitrogens is 4. The van der Waals surface area contributed by atoms with Gasteiger partial charge in [0.1, 0.15) is 5.76 Å². The Morgan fingerprint density at radius 1 is 1.46 bits per heavy atom. The van der Waals surface area contributed by atoms with E-state index in [4.69, 9.17) is 9.26 Å². The first kappa shape index (κ1) is 16.6. The van der Waals surface area contributed by atoms with E-state index in [2.05, 4.69) is 22.4 Å². The van der Waals surface area contributed by atoms with Crippen LogP contribution in [0.4, 0.5) is 0 Å². The maximum absolute atomic E-state index is 12.5. The Labute approximate surface area is 140 Å². The van der Waals surface area contributed by atoms with Crippen molar-refractivity contribution in [3.05, 3.63) is 28.9 Å².